The van der Waals surface area contributed by atoms with Crippen LogP contribution in [0.25, 0.3) is 0 Å². The molecular formula is C10H17N3O6. The van der Waals surface area contributed by atoms with Gasteiger partial charge in [0.1, 0.15) is 12.3 Å². The van der Waals surface area contributed by atoms with E-state index in [4.69, 9.17) is 15.9 Å². The maximum Gasteiger partial charge on any atom is 0.320 e. The van der Waals surface area contributed by atoms with Gasteiger partial charge in [0.05, 0.1) is 19.6 Å². The Morgan fingerprint density at radius 2 is 1.89 bits per heavy atom. The van der Waals surface area contributed by atoms with Gasteiger partial charge < -0.3 is 26.1 Å². The summed E-state index contributed by atoms with van der Waals surface area (Å²) < 4.78 is 0. The average Bonchev–Trinajstić information content (AvgIpc) is 2.27. The number of aliphatic carboxylic acids is 2. The largest absolute Gasteiger partial charge is 0.480 e. The first-order chi connectivity index (χ1) is 8.86. The Kier molecular flexibility index (Phi) is 8.05. The molecule has 0 heterocycles. The van der Waals surface area contributed by atoms with Crippen LogP contribution >= 0.6 is 0 Å². The van der Waals surface area contributed by atoms with E-state index in [-0.39, 0.29) is 26.1 Å². The van der Waals surface area contributed by atoms with Crippen LogP contribution in [0.1, 0.15) is 6.42 Å². The molecule has 0 aliphatic heterocycles. The second-order valence-electron chi connectivity index (χ2n) is 3.81. The van der Waals surface area contributed by atoms with Gasteiger partial charge in [-0.05, 0) is 6.42 Å². The molecule has 0 aromatic carbocycles. The van der Waals surface area contributed by atoms with Crippen molar-refractivity contribution in [2.75, 3.05) is 26.2 Å². The Morgan fingerprint density at radius 3 is 2.37 bits per heavy atom. The van der Waals surface area contributed by atoms with Crippen molar-refractivity contribution in [3.8, 4) is 0 Å². The Balaban J connectivity index is 4.02. The smallest absolute Gasteiger partial charge is 0.320 e. The lowest BCUT2D eigenvalue weighted by Crippen LogP contribution is -2.42. The molecule has 0 spiro atoms. The lowest BCUT2D eigenvalue weighted by molar-refractivity contribution is -0.140. The monoisotopic (exact) mass is 275 g/mol. The minimum atomic E-state index is -1.16. The van der Waals surface area contributed by atoms with Crippen LogP contribution in [0.15, 0.2) is 0 Å². The fraction of sp³-hybridized carbons (Fsp3) is 0.600. The fourth-order valence-corrected chi connectivity index (χ4v) is 1.23. The number of carbonyl (C=O) groups excluding carboxylic acids is 2. The standard InChI is InChI=1S/C10H17N3O6/c11-7(10(18)19)1-2-12-8(15)5-13(3-4-14)6-9(16)17/h4,7H,1-3,5-6,11H2,(H,12,15)(H,16,17)(H,18,19). The van der Waals surface area contributed by atoms with Gasteiger partial charge in [0.25, 0.3) is 0 Å². The Bertz CT molecular complexity index is 346. The number of nitrogens with one attached hydrogen (secondary N) is 1. The number of nitrogens with two attached hydrogens (primary N) is 1. The number of hydrogen-bond donors (Lipinski definition) is 4. The summed E-state index contributed by atoms with van der Waals surface area (Å²) in [6.07, 6.45) is 0.560. The Labute approximate surface area is 109 Å². The zero-order chi connectivity index (χ0) is 14.8. The van der Waals surface area contributed by atoms with Crippen LogP contribution in [-0.4, -0.2) is 71.5 Å². The van der Waals surface area contributed by atoms with E-state index in [0.717, 1.165) is 4.90 Å². The lowest BCUT2D eigenvalue weighted by Gasteiger charge is -2.16. The first-order valence-corrected chi connectivity index (χ1v) is 5.49. The molecule has 0 radical (unpaired) electrons. The third-order valence-corrected chi connectivity index (χ3v) is 2.15. The molecule has 0 saturated carbocycles. The molecule has 108 valence electrons. The van der Waals surface area contributed by atoms with Gasteiger partial charge in [0.2, 0.25) is 5.91 Å². The van der Waals surface area contributed by atoms with Gasteiger partial charge in [-0.15, -0.1) is 0 Å². The number of amides is 1. The molecule has 0 aromatic rings. The maximum absolute atomic E-state index is 11.4. The van der Waals surface area contributed by atoms with Crippen LogP contribution in [0.3, 0.4) is 0 Å². The summed E-state index contributed by atoms with van der Waals surface area (Å²) in [6, 6.07) is -1.06. The van der Waals surface area contributed by atoms with Gasteiger partial charge in [-0.25, -0.2) is 0 Å². The molecule has 9 heteroatoms. The van der Waals surface area contributed by atoms with E-state index >= 15 is 0 Å². The quantitative estimate of drug-likeness (QED) is 0.319. The van der Waals surface area contributed by atoms with Crippen LogP contribution in [0.2, 0.25) is 0 Å². The molecule has 1 atom stereocenters. The Morgan fingerprint density at radius 1 is 1.26 bits per heavy atom. The molecular weight excluding hydrogens is 258 g/mol. The van der Waals surface area contributed by atoms with Crippen LogP contribution in [0.4, 0.5) is 0 Å². The Hall–Kier alpha value is -2.00. The van der Waals surface area contributed by atoms with Crippen molar-refractivity contribution in [1.82, 2.24) is 10.2 Å². The van der Waals surface area contributed by atoms with Crippen molar-refractivity contribution in [2.24, 2.45) is 5.73 Å². The molecule has 9 nitrogen and oxygen atoms in total. The zero-order valence-electron chi connectivity index (χ0n) is 10.2. The first kappa shape index (κ1) is 17.0. The predicted octanol–water partition coefficient (Wildman–Crippen LogP) is -2.51. The molecule has 1 amide bonds. The highest BCUT2D eigenvalue weighted by Crippen LogP contribution is 1.89. The molecule has 5 N–H and O–H groups in total. The van der Waals surface area contributed by atoms with E-state index in [1.165, 1.54) is 0 Å². The minimum absolute atomic E-state index is 0.0632. The van der Waals surface area contributed by atoms with Crippen molar-refractivity contribution >= 4 is 24.1 Å². The summed E-state index contributed by atoms with van der Waals surface area (Å²) in [5.74, 6) is -2.81. The molecule has 0 aliphatic carbocycles. The molecule has 0 saturated heterocycles. The molecule has 1 unspecified atom stereocenters. The maximum atomic E-state index is 11.4. The minimum Gasteiger partial charge on any atom is -0.480 e. The lowest BCUT2D eigenvalue weighted by atomic mass is 10.2. The number of rotatable bonds is 10. The number of carboxylic acids is 2. The molecule has 0 fully saturated rings. The third kappa shape index (κ3) is 8.69. The van der Waals surface area contributed by atoms with E-state index in [2.05, 4.69) is 5.32 Å². The van der Waals surface area contributed by atoms with Gasteiger partial charge in [-0.3, -0.25) is 19.3 Å². The highest BCUT2D eigenvalue weighted by molar-refractivity contribution is 5.79. The van der Waals surface area contributed by atoms with Gasteiger partial charge in [-0.2, -0.15) is 0 Å². The molecule has 19 heavy (non-hydrogen) atoms. The summed E-state index contributed by atoms with van der Waals surface area (Å²) in [4.78, 5) is 43.7. The number of hydrogen-bond acceptors (Lipinski definition) is 6. The third-order valence-electron chi connectivity index (χ3n) is 2.15. The van der Waals surface area contributed by atoms with Crippen LogP contribution < -0.4 is 11.1 Å². The van der Waals surface area contributed by atoms with Crippen LogP contribution in [0, 0.1) is 0 Å². The highest BCUT2D eigenvalue weighted by Gasteiger charge is 2.15. The number of nitrogens with zero attached hydrogens (tertiary/aromatic N) is 1. The topological polar surface area (TPSA) is 150 Å². The molecule has 0 rings (SSSR count). The average molecular weight is 275 g/mol. The normalized spacial score (nSPS) is 11.9. The van der Waals surface area contributed by atoms with Crippen molar-refractivity contribution in [3.05, 3.63) is 0 Å². The van der Waals surface area contributed by atoms with Crippen LogP contribution in [0.5, 0.6) is 0 Å². The van der Waals surface area contributed by atoms with Crippen molar-refractivity contribution in [3.63, 3.8) is 0 Å². The van der Waals surface area contributed by atoms with E-state index in [0.29, 0.717) is 6.29 Å². The van der Waals surface area contributed by atoms with Crippen molar-refractivity contribution in [2.45, 2.75) is 12.5 Å². The van der Waals surface area contributed by atoms with Gasteiger partial charge in [0.15, 0.2) is 0 Å². The van der Waals surface area contributed by atoms with Crippen molar-refractivity contribution in [1.29, 1.82) is 0 Å². The van der Waals surface area contributed by atoms with Crippen LogP contribution in [-0.2, 0) is 19.2 Å². The summed E-state index contributed by atoms with van der Waals surface area (Å²) >= 11 is 0. The zero-order valence-corrected chi connectivity index (χ0v) is 10.2. The van der Waals surface area contributed by atoms with Gasteiger partial charge >= 0.3 is 11.9 Å². The summed E-state index contributed by atoms with van der Waals surface area (Å²) in [5.41, 5.74) is 5.23. The molecule has 0 aliphatic rings. The fourth-order valence-electron chi connectivity index (χ4n) is 1.23. The summed E-state index contributed by atoms with van der Waals surface area (Å²) in [6.45, 7) is -0.795. The van der Waals surface area contributed by atoms with E-state index in [9.17, 15) is 19.2 Å². The number of carboxylic acid groups (broad SMARTS) is 2. The highest BCUT2D eigenvalue weighted by atomic mass is 16.4. The first-order valence-electron chi connectivity index (χ1n) is 5.49. The molecule has 0 aromatic heterocycles. The number of carbonyl (C=O) groups is 4. The SMILES string of the molecule is NC(CCNC(=O)CN(CC=O)CC(=O)O)C(=O)O. The second kappa shape index (κ2) is 9.00. The summed E-state index contributed by atoms with van der Waals surface area (Å²) in [7, 11) is 0. The second-order valence-corrected chi connectivity index (χ2v) is 3.81. The number of aldehydes is 1. The van der Waals surface area contributed by atoms with Gasteiger partial charge in [-0.1, -0.05) is 0 Å². The summed E-state index contributed by atoms with van der Waals surface area (Å²) in [5, 5.41) is 19.5. The predicted molar refractivity (Wildman–Crippen MR) is 63.4 cm³/mol. The van der Waals surface area contributed by atoms with E-state index < -0.39 is 30.4 Å². The van der Waals surface area contributed by atoms with Gasteiger partial charge in [0, 0.05) is 6.54 Å². The van der Waals surface area contributed by atoms with E-state index in [1.54, 1.807) is 0 Å². The van der Waals surface area contributed by atoms with Crippen molar-refractivity contribution < 1.29 is 29.4 Å². The van der Waals surface area contributed by atoms with E-state index in [1.807, 2.05) is 0 Å². The molecule has 0 bridgehead atoms.